The zero-order valence-corrected chi connectivity index (χ0v) is 14.8. The van der Waals surface area contributed by atoms with Gasteiger partial charge in [-0.2, -0.15) is 4.52 Å². The third kappa shape index (κ3) is 3.49. The van der Waals surface area contributed by atoms with Gasteiger partial charge in [0.25, 0.3) is 0 Å². The van der Waals surface area contributed by atoms with E-state index in [1.54, 1.807) is 4.52 Å². The number of hydrogen-bond donors (Lipinski definition) is 1. The second kappa shape index (κ2) is 6.80. The Balaban J connectivity index is 1.39. The maximum absolute atomic E-state index is 4.61. The van der Waals surface area contributed by atoms with E-state index in [1.165, 1.54) is 5.56 Å². The lowest BCUT2D eigenvalue weighted by Crippen LogP contribution is -2.44. The Kier molecular flexibility index (Phi) is 4.36. The van der Waals surface area contributed by atoms with E-state index < -0.39 is 0 Å². The van der Waals surface area contributed by atoms with Crippen molar-refractivity contribution in [1.82, 2.24) is 24.7 Å². The fourth-order valence-electron chi connectivity index (χ4n) is 3.59. The van der Waals surface area contributed by atoms with Crippen molar-refractivity contribution in [2.75, 3.05) is 11.9 Å². The highest BCUT2D eigenvalue weighted by atomic mass is 15.4. The van der Waals surface area contributed by atoms with Crippen LogP contribution in [0.4, 0.5) is 5.82 Å². The van der Waals surface area contributed by atoms with Gasteiger partial charge in [0.15, 0.2) is 11.5 Å². The average molecular weight is 336 g/mol. The molecule has 0 saturated carbocycles. The summed E-state index contributed by atoms with van der Waals surface area (Å²) in [5.41, 5.74) is 2.17. The number of piperidine rings is 1. The van der Waals surface area contributed by atoms with Gasteiger partial charge in [0.1, 0.15) is 5.82 Å². The number of benzene rings is 1. The number of nitrogens with zero attached hydrogens (tertiary/aromatic N) is 5. The van der Waals surface area contributed by atoms with Crippen LogP contribution in [0.15, 0.2) is 42.5 Å². The zero-order chi connectivity index (χ0) is 17.2. The summed E-state index contributed by atoms with van der Waals surface area (Å²) >= 11 is 0. The fraction of sp³-hybridized carbons (Fsp3) is 0.421. The Morgan fingerprint density at radius 3 is 2.76 bits per heavy atom. The molecule has 130 valence electrons. The molecular formula is C19H24N6. The van der Waals surface area contributed by atoms with Gasteiger partial charge in [-0.1, -0.05) is 30.3 Å². The standard InChI is InChI=1S/C19H24N6/c1-14-12-17(10-11-24(14)13-16-6-4-3-5-7-16)20-18-8-9-19-22-21-15(2)25(19)23-18/h3-9,14,17H,10-13H2,1-2H3,(H,20,23). The second-order valence-electron chi connectivity index (χ2n) is 6.91. The molecule has 1 N–H and O–H groups in total. The van der Waals surface area contributed by atoms with Crippen LogP contribution in [0.2, 0.25) is 0 Å². The van der Waals surface area contributed by atoms with Crippen molar-refractivity contribution in [1.29, 1.82) is 0 Å². The molecule has 3 aromatic rings. The second-order valence-corrected chi connectivity index (χ2v) is 6.91. The third-order valence-corrected chi connectivity index (χ3v) is 5.01. The van der Waals surface area contributed by atoms with Gasteiger partial charge in [-0.05, 0) is 44.4 Å². The lowest BCUT2D eigenvalue weighted by molar-refractivity contribution is 0.144. The summed E-state index contributed by atoms with van der Waals surface area (Å²) in [7, 11) is 0. The predicted octanol–water partition coefficient (Wildman–Crippen LogP) is 2.90. The van der Waals surface area contributed by atoms with E-state index in [9.17, 15) is 0 Å². The lowest BCUT2D eigenvalue weighted by atomic mass is 9.97. The van der Waals surface area contributed by atoms with Crippen molar-refractivity contribution in [3.8, 4) is 0 Å². The molecule has 1 aromatic carbocycles. The van der Waals surface area contributed by atoms with Gasteiger partial charge in [-0.3, -0.25) is 4.90 Å². The molecule has 0 spiro atoms. The van der Waals surface area contributed by atoms with E-state index in [-0.39, 0.29) is 0 Å². The Hall–Kier alpha value is -2.47. The zero-order valence-electron chi connectivity index (χ0n) is 14.8. The molecule has 2 atom stereocenters. The number of anilines is 1. The van der Waals surface area contributed by atoms with Crippen LogP contribution in [-0.2, 0) is 6.54 Å². The molecule has 3 heterocycles. The summed E-state index contributed by atoms with van der Waals surface area (Å²) in [6, 6.07) is 15.7. The minimum absolute atomic E-state index is 0.448. The molecule has 1 fully saturated rings. The first-order valence-corrected chi connectivity index (χ1v) is 8.92. The first-order valence-electron chi connectivity index (χ1n) is 8.92. The average Bonchev–Trinajstić information content (AvgIpc) is 2.99. The molecule has 6 nitrogen and oxygen atoms in total. The highest BCUT2D eigenvalue weighted by Crippen LogP contribution is 2.22. The SMILES string of the molecule is Cc1nnc2ccc(NC3CCN(Cc4ccccc4)C(C)C3)nn12. The fourth-order valence-corrected chi connectivity index (χ4v) is 3.59. The number of aromatic nitrogens is 4. The van der Waals surface area contributed by atoms with Crippen LogP contribution in [0.3, 0.4) is 0 Å². The van der Waals surface area contributed by atoms with E-state index in [0.717, 1.165) is 43.2 Å². The van der Waals surface area contributed by atoms with Crippen molar-refractivity contribution in [3.05, 3.63) is 53.9 Å². The van der Waals surface area contributed by atoms with Crippen molar-refractivity contribution in [2.24, 2.45) is 0 Å². The molecule has 25 heavy (non-hydrogen) atoms. The topological polar surface area (TPSA) is 58.4 Å². The summed E-state index contributed by atoms with van der Waals surface area (Å²) in [5, 5.41) is 16.3. The Labute approximate surface area is 147 Å². The van der Waals surface area contributed by atoms with Crippen molar-refractivity contribution in [2.45, 2.75) is 45.3 Å². The summed E-state index contributed by atoms with van der Waals surface area (Å²) in [5.74, 6) is 1.70. The van der Waals surface area contributed by atoms with E-state index in [2.05, 4.69) is 62.8 Å². The van der Waals surface area contributed by atoms with Crippen LogP contribution in [0.5, 0.6) is 0 Å². The lowest BCUT2D eigenvalue weighted by Gasteiger charge is -2.38. The number of rotatable bonds is 4. The molecule has 0 bridgehead atoms. The maximum Gasteiger partial charge on any atom is 0.178 e. The molecule has 0 amide bonds. The highest BCUT2D eigenvalue weighted by Gasteiger charge is 2.25. The molecule has 1 saturated heterocycles. The van der Waals surface area contributed by atoms with E-state index in [4.69, 9.17) is 0 Å². The van der Waals surface area contributed by atoms with Crippen LogP contribution in [0.1, 0.15) is 31.2 Å². The van der Waals surface area contributed by atoms with Crippen LogP contribution in [0.25, 0.3) is 5.65 Å². The van der Waals surface area contributed by atoms with Gasteiger partial charge in [0, 0.05) is 25.2 Å². The van der Waals surface area contributed by atoms with E-state index in [0.29, 0.717) is 12.1 Å². The number of aryl methyl sites for hydroxylation is 1. The highest BCUT2D eigenvalue weighted by molar-refractivity contribution is 5.44. The Morgan fingerprint density at radius 2 is 1.96 bits per heavy atom. The molecule has 0 aliphatic carbocycles. The summed E-state index contributed by atoms with van der Waals surface area (Å²) < 4.78 is 1.79. The quantitative estimate of drug-likeness (QED) is 0.794. The van der Waals surface area contributed by atoms with Gasteiger partial charge < -0.3 is 5.32 Å². The molecule has 4 rings (SSSR count). The molecule has 2 aromatic heterocycles. The number of likely N-dealkylation sites (tertiary alicyclic amines) is 1. The summed E-state index contributed by atoms with van der Waals surface area (Å²) in [4.78, 5) is 2.56. The summed E-state index contributed by atoms with van der Waals surface area (Å²) in [6.07, 6.45) is 2.24. The van der Waals surface area contributed by atoms with Gasteiger partial charge in [-0.15, -0.1) is 15.3 Å². The largest absolute Gasteiger partial charge is 0.366 e. The Bertz CT molecular complexity index is 844. The minimum Gasteiger partial charge on any atom is -0.366 e. The molecule has 1 aliphatic rings. The van der Waals surface area contributed by atoms with Crippen LogP contribution in [0, 0.1) is 6.92 Å². The molecular weight excluding hydrogens is 312 g/mol. The smallest absolute Gasteiger partial charge is 0.178 e. The van der Waals surface area contributed by atoms with Crippen molar-refractivity contribution in [3.63, 3.8) is 0 Å². The number of hydrogen-bond acceptors (Lipinski definition) is 5. The van der Waals surface area contributed by atoms with Gasteiger partial charge >= 0.3 is 0 Å². The minimum atomic E-state index is 0.448. The number of fused-ring (bicyclic) bond motifs is 1. The van der Waals surface area contributed by atoms with Gasteiger partial charge in [0.05, 0.1) is 0 Å². The first kappa shape index (κ1) is 16.0. The molecule has 6 heteroatoms. The van der Waals surface area contributed by atoms with E-state index in [1.807, 2.05) is 19.1 Å². The van der Waals surface area contributed by atoms with Crippen LogP contribution < -0.4 is 5.32 Å². The first-order chi connectivity index (χ1) is 12.2. The predicted molar refractivity (Wildman–Crippen MR) is 98.5 cm³/mol. The van der Waals surface area contributed by atoms with Gasteiger partial charge in [-0.25, -0.2) is 0 Å². The van der Waals surface area contributed by atoms with Crippen molar-refractivity contribution < 1.29 is 0 Å². The normalized spacial score (nSPS) is 21.5. The van der Waals surface area contributed by atoms with Crippen molar-refractivity contribution >= 4 is 11.5 Å². The third-order valence-electron chi connectivity index (χ3n) is 5.01. The number of nitrogens with one attached hydrogen (secondary N) is 1. The monoisotopic (exact) mass is 336 g/mol. The molecule has 1 aliphatic heterocycles. The van der Waals surface area contributed by atoms with E-state index >= 15 is 0 Å². The molecule has 2 unspecified atom stereocenters. The Morgan fingerprint density at radius 1 is 1.12 bits per heavy atom. The summed E-state index contributed by atoms with van der Waals surface area (Å²) in [6.45, 7) is 6.36. The molecule has 0 radical (unpaired) electrons. The van der Waals surface area contributed by atoms with Gasteiger partial charge in [0.2, 0.25) is 0 Å². The van der Waals surface area contributed by atoms with Crippen LogP contribution in [-0.4, -0.2) is 43.3 Å². The van der Waals surface area contributed by atoms with Crippen LogP contribution >= 0.6 is 0 Å². The maximum atomic E-state index is 4.61.